The number of carbonyl (C=O) groups is 2. The zero-order chi connectivity index (χ0) is 19.2. The van der Waals surface area contributed by atoms with Crippen LogP contribution in [0.4, 0.5) is 4.39 Å². The number of piperidine rings is 1. The first kappa shape index (κ1) is 18.0. The van der Waals surface area contributed by atoms with Crippen LogP contribution >= 0.6 is 0 Å². The molecule has 2 N–H and O–H groups in total. The molecule has 1 atom stereocenters. The molecule has 2 aliphatic heterocycles. The van der Waals surface area contributed by atoms with E-state index in [1.54, 1.807) is 19.1 Å². The van der Waals surface area contributed by atoms with Crippen molar-refractivity contribution in [2.45, 2.75) is 44.7 Å². The predicted molar refractivity (Wildman–Crippen MR) is 99.0 cm³/mol. The molecule has 1 spiro atoms. The lowest BCUT2D eigenvalue weighted by Crippen LogP contribution is -2.53. The number of furan rings is 1. The Bertz CT molecular complexity index is 901. The Labute approximate surface area is 157 Å². The molecule has 6 nitrogen and oxygen atoms in total. The summed E-state index contributed by atoms with van der Waals surface area (Å²) in [6, 6.07) is 4.63. The number of nitrogens with zero attached hydrogens (tertiary/aromatic N) is 1. The number of nitrogens with one attached hydrogen (secondary N) is 2. The predicted octanol–water partition coefficient (Wildman–Crippen LogP) is 2.35. The van der Waals surface area contributed by atoms with Crippen molar-refractivity contribution < 1.29 is 18.4 Å². The fourth-order valence-electron chi connectivity index (χ4n) is 4.63. The molecule has 0 saturated carbocycles. The third-order valence-electron chi connectivity index (χ3n) is 5.90. The van der Waals surface area contributed by atoms with Crippen LogP contribution in [-0.4, -0.2) is 47.9 Å². The van der Waals surface area contributed by atoms with Gasteiger partial charge < -0.3 is 20.0 Å². The monoisotopic (exact) mass is 373 g/mol. The van der Waals surface area contributed by atoms with Gasteiger partial charge in [0, 0.05) is 36.0 Å². The lowest BCUT2D eigenvalue weighted by molar-refractivity contribution is -0.119. The second kappa shape index (κ2) is 6.64. The Morgan fingerprint density at radius 3 is 2.74 bits per heavy atom. The second-order valence-electron chi connectivity index (χ2n) is 7.66. The molecule has 0 unspecified atom stereocenters. The van der Waals surface area contributed by atoms with E-state index in [2.05, 4.69) is 10.6 Å². The van der Waals surface area contributed by atoms with Gasteiger partial charge in [-0.25, -0.2) is 4.39 Å². The summed E-state index contributed by atoms with van der Waals surface area (Å²) in [7, 11) is 0. The van der Waals surface area contributed by atoms with Gasteiger partial charge in [-0.2, -0.15) is 0 Å². The summed E-state index contributed by atoms with van der Waals surface area (Å²) < 4.78 is 19.8. The normalized spacial score (nSPS) is 21.7. The molecular weight excluding hydrogens is 349 g/mol. The second-order valence-corrected chi connectivity index (χ2v) is 7.66. The van der Waals surface area contributed by atoms with Gasteiger partial charge in [-0.05, 0) is 45.3 Å². The number of hydrogen-bond donors (Lipinski definition) is 2. The van der Waals surface area contributed by atoms with Gasteiger partial charge >= 0.3 is 0 Å². The highest BCUT2D eigenvalue weighted by molar-refractivity contribution is 5.99. The molecule has 144 valence electrons. The Morgan fingerprint density at radius 1 is 1.33 bits per heavy atom. The van der Waals surface area contributed by atoms with E-state index in [-0.39, 0.29) is 34.7 Å². The first-order chi connectivity index (χ1) is 12.9. The van der Waals surface area contributed by atoms with Crippen molar-refractivity contribution in [1.82, 2.24) is 15.5 Å². The molecule has 1 aromatic heterocycles. The molecule has 0 radical (unpaired) electrons. The number of para-hydroxylation sites is 1. The Balaban J connectivity index is 1.71. The number of likely N-dealkylation sites (tertiary alicyclic amines) is 1. The zero-order valence-electron chi connectivity index (χ0n) is 15.6. The first-order valence-corrected chi connectivity index (χ1v) is 9.39. The van der Waals surface area contributed by atoms with E-state index in [0.717, 1.165) is 32.4 Å². The third kappa shape index (κ3) is 3.00. The maximum atomic E-state index is 14.1. The number of rotatable bonds is 2. The molecule has 2 fully saturated rings. The Morgan fingerprint density at radius 2 is 2.07 bits per heavy atom. The quantitative estimate of drug-likeness (QED) is 0.848. The minimum Gasteiger partial charge on any atom is -0.448 e. The van der Waals surface area contributed by atoms with Crippen LogP contribution in [0.2, 0.25) is 0 Å². The first-order valence-electron chi connectivity index (χ1n) is 9.39. The maximum Gasteiger partial charge on any atom is 0.290 e. The summed E-state index contributed by atoms with van der Waals surface area (Å²) in [4.78, 5) is 26.8. The fraction of sp³-hybridized carbons (Fsp3) is 0.500. The van der Waals surface area contributed by atoms with E-state index in [1.165, 1.54) is 13.0 Å². The van der Waals surface area contributed by atoms with Crippen molar-refractivity contribution in [3.05, 3.63) is 35.3 Å². The number of halogens is 1. The molecule has 27 heavy (non-hydrogen) atoms. The zero-order valence-corrected chi connectivity index (χ0v) is 15.6. The molecule has 7 heteroatoms. The molecule has 2 aliphatic rings. The summed E-state index contributed by atoms with van der Waals surface area (Å²) in [6.07, 6.45) is 2.37. The van der Waals surface area contributed by atoms with E-state index < -0.39 is 5.82 Å². The topological polar surface area (TPSA) is 74.6 Å². The lowest BCUT2D eigenvalue weighted by Gasteiger charge is -2.41. The van der Waals surface area contributed by atoms with Crippen LogP contribution in [0.1, 0.15) is 42.3 Å². The summed E-state index contributed by atoms with van der Waals surface area (Å²) >= 11 is 0. The maximum absolute atomic E-state index is 14.1. The van der Waals surface area contributed by atoms with Crippen molar-refractivity contribution >= 4 is 22.8 Å². The van der Waals surface area contributed by atoms with Crippen LogP contribution in [-0.2, 0) is 4.79 Å². The molecule has 4 rings (SSSR count). The molecular formula is C20H24FN3O3. The number of aryl methyl sites for hydroxylation is 1. The highest BCUT2D eigenvalue weighted by Gasteiger charge is 2.49. The van der Waals surface area contributed by atoms with Gasteiger partial charge in [0.15, 0.2) is 17.2 Å². The average Bonchev–Trinajstić information content (AvgIpc) is 3.14. The van der Waals surface area contributed by atoms with Gasteiger partial charge in [0.25, 0.3) is 5.91 Å². The molecule has 2 saturated heterocycles. The number of amides is 2. The van der Waals surface area contributed by atoms with E-state index >= 15 is 0 Å². The van der Waals surface area contributed by atoms with Crippen LogP contribution < -0.4 is 10.6 Å². The summed E-state index contributed by atoms with van der Waals surface area (Å²) in [5.41, 5.74) is 0.469. The van der Waals surface area contributed by atoms with Crippen molar-refractivity contribution in [3.63, 3.8) is 0 Å². The molecule has 2 amide bonds. The minimum atomic E-state index is -0.469. The van der Waals surface area contributed by atoms with Gasteiger partial charge in [0.05, 0.1) is 0 Å². The minimum absolute atomic E-state index is 0.0778. The highest BCUT2D eigenvalue weighted by Crippen LogP contribution is 2.39. The number of benzene rings is 1. The van der Waals surface area contributed by atoms with Gasteiger partial charge in [-0.1, -0.05) is 12.1 Å². The van der Waals surface area contributed by atoms with Crippen LogP contribution in [0.25, 0.3) is 11.0 Å². The van der Waals surface area contributed by atoms with Crippen LogP contribution in [0, 0.1) is 12.7 Å². The molecule has 1 aromatic carbocycles. The SMILES string of the molecule is CC(=O)N[C@H]1CN(C(=O)c2oc3c(F)cccc3c2C)C2(CCNCC2)C1. The van der Waals surface area contributed by atoms with Crippen molar-refractivity contribution in [2.75, 3.05) is 19.6 Å². The third-order valence-corrected chi connectivity index (χ3v) is 5.90. The molecule has 3 heterocycles. The average molecular weight is 373 g/mol. The summed E-state index contributed by atoms with van der Waals surface area (Å²) in [5.74, 6) is -0.599. The van der Waals surface area contributed by atoms with Crippen LogP contribution in [0.3, 0.4) is 0 Å². The molecule has 0 aliphatic carbocycles. The number of hydrogen-bond acceptors (Lipinski definition) is 4. The Hall–Kier alpha value is -2.41. The van der Waals surface area contributed by atoms with Crippen LogP contribution in [0.5, 0.6) is 0 Å². The molecule has 2 aromatic rings. The largest absolute Gasteiger partial charge is 0.448 e. The summed E-state index contributed by atoms with van der Waals surface area (Å²) in [5, 5.41) is 6.91. The van der Waals surface area contributed by atoms with Gasteiger partial charge in [-0.15, -0.1) is 0 Å². The fourth-order valence-corrected chi connectivity index (χ4v) is 4.63. The van der Waals surface area contributed by atoms with Gasteiger partial charge in [-0.3, -0.25) is 9.59 Å². The van der Waals surface area contributed by atoms with Crippen molar-refractivity contribution in [1.29, 1.82) is 0 Å². The van der Waals surface area contributed by atoms with E-state index in [9.17, 15) is 14.0 Å². The number of fused-ring (bicyclic) bond motifs is 1. The highest BCUT2D eigenvalue weighted by atomic mass is 19.1. The van der Waals surface area contributed by atoms with Crippen molar-refractivity contribution in [2.24, 2.45) is 0 Å². The molecule has 0 bridgehead atoms. The summed E-state index contributed by atoms with van der Waals surface area (Å²) in [6.45, 7) is 5.37. The standard InChI is InChI=1S/C20H24FN3O3/c1-12-15-4-3-5-16(21)18(15)27-17(12)19(26)24-11-14(23-13(2)25)10-20(24)6-8-22-9-7-20/h3-5,14,22H,6-11H2,1-2H3,(H,23,25)/t14-/m1/s1. The van der Waals surface area contributed by atoms with Gasteiger partial charge in [0.2, 0.25) is 5.91 Å². The van der Waals surface area contributed by atoms with Crippen molar-refractivity contribution in [3.8, 4) is 0 Å². The van der Waals surface area contributed by atoms with E-state index in [1.807, 2.05) is 4.90 Å². The smallest absolute Gasteiger partial charge is 0.290 e. The van der Waals surface area contributed by atoms with Gasteiger partial charge in [0.1, 0.15) is 0 Å². The number of carbonyl (C=O) groups excluding carboxylic acids is 2. The van der Waals surface area contributed by atoms with E-state index in [0.29, 0.717) is 17.5 Å². The lowest BCUT2D eigenvalue weighted by atomic mass is 9.84. The Kier molecular flexibility index (Phi) is 4.42. The van der Waals surface area contributed by atoms with Crippen LogP contribution in [0.15, 0.2) is 22.6 Å². The van der Waals surface area contributed by atoms with E-state index in [4.69, 9.17) is 4.42 Å².